The van der Waals surface area contributed by atoms with E-state index in [0.29, 0.717) is 24.2 Å². The Bertz CT molecular complexity index is 463. The number of hydrogen-bond donors (Lipinski definition) is 3. The average molecular weight is 264 g/mol. The molecule has 0 spiro atoms. The van der Waals surface area contributed by atoms with E-state index < -0.39 is 0 Å². The molecular weight excluding hydrogens is 240 g/mol. The van der Waals surface area contributed by atoms with E-state index in [9.17, 15) is 4.79 Å². The van der Waals surface area contributed by atoms with Crippen LogP contribution in [0.5, 0.6) is 0 Å². The van der Waals surface area contributed by atoms with Crippen LogP contribution in [0.3, 0.4) is 0 Å². The molecule has 1 aliphatic carbocycles. The summed E-state index contributed by atoms with van der Waals surface area (Å²) in [5.74, 6) is 2.41. The van der Waals surface area contributed by atoms with Gasteiger partial charge in [-0.2, -0.15) is 0 Å². The van der Waals surface area contributed by atoms with Gasteiger partial charge in [0.05, 0.1) is 0 Å². The van der Waals surface area contributed by atoms with Crippen molar-refractivity contribution in [3.8, 4) is 0 Å². The van der Waals surface area contributed by atoms with Crippen LogP contribution in [0.25, 0.3) is 0 Å². The molecule has 1 heterocycles. The Morgan fingerprint density at radius 3 is 2.74 bits per heavy atom. The topological polar surface area (TPSA) is 83.8 Å². The average Bonchev–Trinajstić information content (AvgIpc) is 3.21. The summed E-state index contributed by atoms with van der Waals surface area (Å²) in [7, 11) is 0. The van der Waals surface area contributed by atoms with E-state index in [1.807, 2.05) is 0 Å². The van der Waals surface area contributed by atoms with Gasteiger partial charge >= 0.3 is 0 Å². The zero-order valence-electron chi connectivity index (χ0n) is 11.8. The highest BCUT2D eigenvalue weighted by Crippen LogP contribution is 2.37. The van der Waals surface area contributed by atoms with Crippen LogP contribution >= 0.6 is 0 Å². The Hall–Kier alpha value is -1.36. The van der Waals surface area contributed by atoms with Crippen LogP contribution in [0.2, 0.25) is 0 Å². The number of nitrogens with one attached hydrogen (secondary N) is 2. The molecule has 0 amide bonds. The van der Waals surface area contributed by atoms with Gasteiger partial charge in [-0.1, -0.05) is 26.7 Å². The molecule has 1 fully saturated rings. The predicted molar refractivity (Wildman–Crippen MR) is 77.4 cm³/mol. The van der Waals surface area contributed by atoms with E-state index in [-0.39, 0.29) is 11.6 Å². The molecule has 0 radical (unpaired) electrons. The molecule has 19 heavy (non-hydrogen) atoms. The minimum atomic E-state index is -0.0875. The van der Waals surface area contributed by atoms with Gasteiger partial charge < -0.3 is 16.0 Å². The van der Waals surface area contributed by atoms with E-state index in [1.165, 1.54) is 6.07 Å². The molecule has 1 aromatic heterocycles. The van der Waals surface area contributed by atoms with Crippen LogP contribution in [0, 0.1) is 5.92 Å². The third-order valence-corrected chi connectivity index (χ3v) is 3.90. The first kappa shape index (κ1) is 14.1. The number of nitrogens with two attached hydrogens (primary N) is 1. The van der Waals surface area contributed by atoms with E-state index in [1.54, 1.807) is 0 Å². The summed E-state index contributed by atoms with van der Waals surface area (Å²) in [6.45, 7) is 4.97. The van der Waals surface area contributed by atoms with E-state index in [2.05, 4.69) is 29.1 Å². The van der Waals surface area contributed by atoms with Gasteiger partial charge in [0.2, 0.25) is 0 Å². The fraction of sp³-hybridized carbons (Fsp3) is 0.714. The van der Waals surface area contributed by atoms with Crippen molar-refractivity contribution in [2.75, 3.05) is 11.9 Å². The smallest absolute Gasteiger partial charge is 0.252 e. The number of aromatic amines is 1. The van der Waals surface area contributed by atoms with Crippen molar-refractivity contribution in [3.63, 3.8) is 0 Å². The van der Waals surface area contributed by atoms with Crippen LogP contribution in [0.1, 0.15) is 51.3 Å². The third-order valence-electron chi connectivity index (χ3n) is 3.90. The van der Waals surface area contributed by atoms with Crippen molar-refractivity contribution in [1.82, 2.24) is 9.97 Å². The summed E-state index contributed by atoms with van der Waals surface area (Å²) in [6, 6.07) is 1.60. The molecule has 2 rings (SSSR count). The normalized spacial score (nSPS) is 16.6. The number of H-pyrrole nitrogens is 1. The molecule has 0 bridgehead atoms. The Morgan fingerprint density at radius 2 is 2.16 bits per heavy atom. The zero-order valence-corrected chi connectivity index (χ0v) is 11.8. The van der Waals surface area contributed by atoms with Gasteiger partial charge in [-0.3, -0.25) is 4.79 Å². The van der Waals surface area contributed by atoms with Gasteiger partial charge in [-0.05, 0) is 18.8 Å². The van der Waals surface area contributed by atoms with Crippen LogP contribution in [-0.2, 0) is 0 Å². The maximum Gasteiger partial charge on any atom is 0.252 e. The molecule has 5 nitrogen and oxygen atoms in total. The van der Waals surface area contributed by atoms with Crippen molar-refractivity contribution in [2.45, 2.75) is 51.5 Å². The second-order valence-corrected chi connectivity index (χ2v) is 5.41. The molecule has 106 valence electrons. The first-order valence-electron chi connectivity index (χ1n) is 7.24. The minimum Gasteiger partial charge on any atom is -0.368 e. The van der Waals surface area contributed by atoms with Gasteiger partial charge in [0.25, 0.3) is 5.56 Å². The fourth-order valence-corrected chi connectivity index (χ4v) is 2.40. The molecule has 5 heteroatoms. The van der Waals surface area contributed by atoms with Crippen molar-refractivity contribution in [3.05, 3.63) is 22.2 Å². The monoisotopic (exact) mass is 264 g/mol. The molecule has 1 unspecified atom stereocenters. The molecule has 1 aromatic rings. The SMILES string of the molecule is CCC(CC)C(N)CNc1cc(=O)[nH]c(C2CC2)n1. The highest BCUT2D eigenvalue weighted by Gasteiger charge is 2.26. The predicted octanol–water partition coefficient (Wildman–Crippen LogP) is 1.82. The highest BCUT2D eigenvalue weighted by atomic mass is 16.1. The lowest BCUT2D eigenvalue weighted by Crippen LogP contribution is -2.36. The Morgan fingerprint density at radius 1 is 1.47 bits per heavy atom. The summed E-state index contributed by atoms with van der Waals surface area (Å²) in [4.78, 5) is 18.8. The number of hydrogen-bond acceptors (Lipinski definition) is 4. The van der Waals surface area contributed by atoms with Crippen molar-refractivity contribution >= 4 is 5.82 Å². The zero-order chi connectivity index (χ0) is 13.8. The van der Waals surface area contributed by atoms with Crippen molar-refractivity contribution < 1.29 is 0 Å². The molecule has 1 atom stereocenters. The van der Waals surface area contributed by atoms with Gasteiger partial charge in [-0.15, -0.1) is 0 Å². The number of anilines is 1. The molecule has 1 saturated carbocycles. The number of rotatable bonds is 7. The molecule has 1 aliphatic rings. The first-order valence-corrected chi connectivity index (χ1v) is 7.24. The van der Waals surface area contributed by atoms with Crippen LogP contribution < -0.4 is 16.6 Å². The lowest BCUT2D eigenvalue weighted by Gasteiger charge is -2.21. The highest BCUT2D eigenvalue weighted by molar-refractivity contribution is 5.34. The molecule has 0 aromatic carbocycles. The summed E-state index contributed by atoms with van der Waals surface area (Å²) >= 11 is 0. The number of nitrogens with zero attached hydrogens (tertiary/aromatic N) is 1. The van der Waals surface area contributed by atoms with Crippen molar-refractivity contribution in [2.24, 2.45) is 11.7 Å². The van der Waals surface area contributed by atoms with E-state index in [0.717, 1.165) is 31.5 Å². The molecule has 0 aliphatic heterocycles. The number of aromatic nitrogens is 2. The summed E-state index contributed by atoms with van der Waals surface area (Å²) in [5.41, 5.74) is 6.07. The van der Waals surface area contributed by atoms with Gasteiger partial charge in [0.1, 0.15) is 11.6 Å². The van der Waals surface area contributed by atoms with E-state index in [4.69, 9.17) is 5.73 Å². The Kier molecular flexibility index (Phi) is 4.58. The maximum absolute atomic E-state index is 11.6. The maximum atomic E-state index is 11.6. The summed E-state index contributed by atoms with van der Waals surface area (Å²) in [5, 5.41) is 3.20. The Labute approximate surface area is 114 Å². The van der Waals surface area contributed by atoms with Crippen LogP contribution in [-0.4, -0.2) is 22.6 Å². The summed E-state index contributed by atoms with van der Waals surface area (Å²) < 4.78 is 0. The van der Waals surface area contributed by atoms with Gasteiger partial charge in [-0.25, -0.2) is 4.98 Å². The van der Waals surface area contributed by atoms with Gasteiger partial charge in [0.15, 0.2) is 0 Å². The quantitative estimate of drug-likeness (QED) is 0.701. The Balaban J connectivity index is 1.97. The van der Waals surface area contributed by atoms with Crippen LogP contribution in [0.15, 0.2) is 10.9 Å². The standard InChI is InChI=1S/C14H24N4O/c1-3-9(4-2)11(15)8-16-12-7-13(19)18-14(17-12)10-5-6-10/h7,9-11H,3-6,8,15H2,1-2H3,(H2,16,17,18,19). The third kappa shape index (κ3) is 3.80. The largest absolute Gasteiger partial charge is 0.368 e. The van der Waals surface area contributed by atoms with Crippen LogP contribution in [0.4, 0.5) is 5.82 Å². The lowest BCUT2D eigenvalue weighted by molar-refractivity contribution is 0.407. The molecule has 4 N–H and O–H groups in total. The van der Waals surface area contributed by atoms with Crippen molar-refractivity contribution in [1.29, 1.82) is 0 Å². The first-order chi connectivity index (χ1) is 9.13. The minimum absolute atomic E-state index is 0.0875. The second-order valence-electron chi connectivity index (χ2n) is 5.41. The molecule has 0 saturated heterocycles. The van der Waals surface area contributed by atoms with Gasteiger partial charge in [0, 0.05) is 24.6 Å². The lowest BCUT2D eigenvalue weighted by atomic mass is 9.95. The summed E-state index contributed by atoms with van der Waals surface area (Å²) in [6.07, 6.45) is 4.41. The second kappa shape index (κ2) is 6.19. The van der Waals surface area contributed by atoms with E-state index >= 15 is 0 Å². The molecular formula is C14H24N4O. The fourth-order valence-electron chi connectivity index (χ4n) is 2.40.